The summed E-state index contributed by atoms with van der Waals surface area (Å²) < 4.78 is 6.82. The molecular formula is C14H22BrClN2O. The van der Waals surface area contributed by atoms with Crippen molar-refractivity contribution in [3.05, 3.63) is 28.7 Å². The Bertz CT molecular complexity index is 378. The highest BCUT2D eigenvalue weighted by Crippen LogP contribution is 2.18. The minimum absolute atomic E-state index is 0. The van der Waals surface area contributed by atoms with Crippen molar-refractivity contribution in [1.29, 1.82) is 0 Å². The molecule has 0 bridgehead atoms. The Kier molecular flexibility index (Phi) is 7.76. The van der Waals surface area contributed by atoms with Gasteiger partial charge in [0.2, 0.25) is 0 Å². The Hall–Kier alpha value is -0.290. The Balaban J connectivity index is 0.00000180. The quantitative estimate of drug-likeness (QED) is 0.855. The van der Waals surface area contributed by atoms with Crippen LogP contribution in [0.2, 0.25) is 0 Å². The number of nitrogens with zero attached hydrogens (tertiary/aromatic N) is 1. The highest BCUT2D eigenvalue weighted by Gasteiger charge is 2.21. The van der Waals surface area contributed by atoms with E-state index in [1.807, 2.05) is 31.3 Å². The van der Waals surface area contributed by atoms with Crippen LogP contribution in [0.25, 0.3) is 0 Å². The largest absolute Gasteiger partial charge is 0.492 e. The Morgan fingerprint density at radius 3 is 3.05 bits per heavy atom. The Labute approximate surface area is 130 Å². The zero-order valence-electron chi connectivity index (χ0n) is 11.3. The van der Waals surface area contributed by atoms with E-state index in [2.05, 4.69) is 26.1 Å². The molecule has 0 radical (unpaired) electrons. The third kappa shape index (κ3) is 5.69. The van der Waals surface area contributed by atoms with E-state index in [4.69, 9.17) is 4.74 Å². The van der Waals surface area contributed by atoms with Gasteiger partial charge in [0.1, 0.15) is 12.4 Å². The third-order valence-corrected chi connectivity index (χ3v) is 3.83. The smallest absolute Gasteiger partial charge is 0.120 e. The van der Waals surface area contributed by atoms with Gasteiger partial charge in [-0.25, -0.2) is 0 Å². The molecule has 1 aliphatic heterocycles. The van der Waals surface area contributed by atoms with Crippen molar-refractivity contribution in [3.8, 4) is 5.75 Å². The molecule has 1 saturated heterocycles. The van der Waals surface area contributed by atoms with Crippen molar-refractivity contribution in [2.45, 2.75) is 6.42 Å². The second-order valence-corrected chi connectivity index (χ2v) is 5.73. The van der Waals surface area contributed by atoms with Gasteiger partial charge < -0.3 is 10.1 Å². The molecule has 1 fully saturated rings. The topological polar surface area (TPSA) is 24.5 Å². The normalized spacial score (nSPS) is 19.2. The van der Waals surface area contributed by atoms with Crippen LogP contribution in [0.4, 0.5) is 0 Å². The molecule has 1 aliphatic rings. The minimum Gasteiger partial charge on any atom is -0.492 e. The van der Waals surface area contributed by atoms with E-state index in [9.17, 15) is 0 Å². The van der Waals surface area contributed by atoms with Crippen molar-refractivity contribution >= 4 is 28.3 Å². The van der Waals surface area contributed by atoms with Gasteiger partial charge in [-0.1, -0.05) is 22.0 Å². The second-order valence-electron chi connectivity index (χ2n) is 4.82. The van der Waals surface area contributed by atoms with Crippen molar-refractivity contribution in [2.24, 2.45) is 5.92 Å². The van der Waals surface area contributed by atoms with Gasteiger partial charge in [0, 0.05) is 17.6 Å². The van der Waals surface area contributed by atoms with Crippen molar-refractivity contribution in [2.75, 3.05) is 39.8 Å². The van der Waals surface area contributed by atoms with Crippen LogP contribution in [-0.2, 0) is 0 Å². The lowest BCUT2D eigenvalue weighted by molar-refractivity contribution is 0.232. The summed E-state index contributed by atoms with van der Waals surface area (Å²) in [5.74, 6) is 1.75. The lowest BCUT2D eigenvalue weighted by atomic mass is 10.1. The zero-order valence-corrected chi connectivity index (χ0v) is 13.7. The van der Waals surface area contributed by atoms with Gasteiger partial charge in [0.15, 0.2) is 0 Å². The van der Waals surface area contributed by atoms with Crippen LogP contribution in [0.3, 0.4) is 0 Å². The lowest BCUT2D eigenvalue weighted by Gasteiger charge is -2.16. The molecule has 5 heteroatoms. The maximum Gasteiger partial charge on any atom is 0.120 e. The molecule has 2 rings (SSSR count). The van der Waals surface area contributed by atoms with Gasteiger partial charge in [-0.15, -0.1) is 12.4 Å². The number of hydrogen-bond donors (Lipinski definition) is 1. The summed E-state index contributed by atoms with van der Waals surface area (Å²) in [6.45, 7) is 5.31. The monoisotopic (exact) mass is 348 g/mol. The van der Waals surface area contributed by atoms with E-state index in [0.29, 0.717) is 0 Å². The molecule has 0 aromatic heterocycles. The van der Waals surface area contributed by atoms with Gasteiger partial charge in [0.05, 0.1) is 0 Å². The SMILES string of the molecule is CNCC1CCN(CCOc2cccc(Br)c2)C1.Cl. The fourth-order valence-corrected chi connectivity index (χ4v) is 2.80. The number of hydrogen-bond acceptors (Lipinski definition) is 3. The zero-order chi connectivity index (χ0) is 12.8. The fraction of sp³-hybridized carbons (Fsp3) is 0.571. The standard InChI is InChI=1S/C14H21BrN2O.ClH/c1-16-10-12-5-6-17(11-12)7-8-18-14-4-2-3-13(15)9-14;/h2-4,9,12,16H,5-8,10-11H2,1H3;1H. The predicted octanol–water partition coefficient (Wildman–Crippen LogP) is 2.79. The van der Waals surface area contributed by atoms with Gasteiger partial charge in [-0.05, 0) is 50.7 Å². The summed E-state index contributed by atoms with van der Waals surface area (Å²) in [7, 11) is 2.03. The first-order valence-electron chi connectivity index (χ1n) is 6.53. The summed E-state index contributed by atoms with van der Waals surface area (Å²) >= 11 is 3.45. The lowest BCUT2D eigenvalue weighted by Crippen LogP contribution is -2.28. The predicted molar refractivity (Wildman–Crippen MR) is 85.4 cm³/mol. The molecule has 3 nitrogen and oxygen atoms in total. The molecule has 0 aliphatic carbocycles. The first-order chi connectivity index (χ1) is 8.78. The van der Waals surface area contributed by atoms with Crippen LogP contribution in [0, 0.1) is 5.92 Å². The highest BCUT2D eigenvalue weighted by atomic mass is 79.9. The molecule has 0 spiro atoms. The molecule has 19 heavy (non-hydrogen) atoms. The molecule has 1 heterocycles. The minimum atomic E-state index is 0. The number of nitrogens with one attached hydrogen (secondary N) is 1. The molecule has 1 aromatic carbocycles. The van der Waals surface area contributed by atoms with Crippen LogP contribution in [-0.4, -0.2) is 44.7 Å². The van der Waals surface area contributed by atoms with Crippen molar-refractivity contribution < 1.29 is 4.74 Å². The molecule has 0 amide bonds. The molecule has 108 valence electrons. The van der Waals surface area contributed by atoms with Gasteiger partial charge in [-0.2, -0.15) is 0 Å². The number of rotatable bonds is 6. The van der Waals surface area contributed by atoms with Crippen molar-refractivity contribution in [1.82, 2.24) is 10.2 Å². The van der Waals surface area contributed by atoms with Gasteiger partial charge in [0.25, 0.3) is 0 Å². The van der Waals surface area contributed by atoms with Crippen LogP contribution < -0.4 is 10.1 Å². The highest BCUT2D eigenvalue weighted by molar-refractivity contribution is 9.10. The summed E-state index contributed by atoms with van der Waals surface area (Å²) in [5, 5.41) is 3.26. The summed E-state index contributed by atoms with van der Waals surface area (Å²) in [4.78, 5) is 2.49. The maximum absolute atomic E-state index is 5.76. The summed E-state index contributed by atoms with van der Waals surface area (Å²) in [6.07, 6.45) is 1.30. The number of likely N-dealkylation sites (tertiary alicyclic amines) is 1. The molecule has 1 unspecified atom stereocenters. The summed E-state index contributed by atoms with van der Waals surface area (Å²) in [5.41, 5.74) is 0. The molecule has 1 atom stereocenters. The van der Waals surface area contributed by atoms with E-state index in [-0.39, 0.29) is 12.4 Å². The first kappa shape index (κ1) is 16.8. The van der Waals surface area contributed by atoms with E-state index in [1.54, 1.807) is 0 Å². The van der Waals surface area contributed by atoms with Gasteiger partial charge in [-0.3, -0.25) is 4.90 Å². The van der Waals surface area contributed by atoms with E-state index in [1.165, 1.54) is 19.5 Å². The Morgan fingerprint density at radius 1 is 1.47 bits per heavy atom. The number of halogens is 2. The first-order valence-corrected chi connectivity index (χ1v) is 7.32. The van der Waals surface area contributed by atoms with E-state index >= 15 is 0 Å². The second kappa shape index (κ2) is 8.80. The van der Waals surface area contributed by atoms with E-state index in [0.717, 1.165) is 35.8 Å². The summed E-state index contributed by atoms with van der Waals surface area (Å²) in [6, 6.07) is 8.01. The van der Waals surface area contributed by atoms with Crippen LogP contribution in [0.15, 0.2) is 28.7 Å². The average molecular weight is 350 g/mol. The van der Waals surface area contributed by atoms with Crippen LogP contribution >= 0.6 is 28.3 Å². The van der Waals surface area contributed by atoms with Crippen LogP contribution in [0.1, 0.15) is 6.42 Å². The Morgan fingerprint density at radius 2 is 2.32 bits per heavy atom. The van der Waals surface area contributed by atoms with Crippen molar-refractivity contribution in [3.63, 3.8) is 0 Å². The number of ether oxygens (including phenoxy) is 1. The van der Waals surface area contributed by atoms with Gasteiger partial charge >= 0.3 is 0 Å². The molecule has 1 N–H and O–H groups in total. The molecular weight excluding hydrogens is 328 g/mol. The number of benzene rings is 1. The molecule has 0 saturated carbocycles. The fourth-order valence-electron chi connectivity index (χ4n) is 2.42. The third-order valence-electron chi connectivity index (χ3n) is 3.34. The molecule has 1 aromatic rings. The van der Waals surface area contributed by atoms with E-state index < -0.39 is 0 Å². The maximum atomic E-state index is 5.76. The van der Waals surface area contributed by atoms with Crippen LogP contribution in [0.5, 0.6) is 5.75 Å². The average Bonchev–Trinajstić information content (AvgIpc) is 2.78.